The van der Waals surface area contributed by atoms with Gasteiger partial charge in [-0.15, -0.1) is 0 Å². The SMILES string of the molecule is O[C@@H]1C[C@H](c2cccc(F)c2)N(Cc2noc(C3CCOCC3)n2)C1. The Morgan fingerprint density at radius 1 is 1.28 bits per heavy atom. The van der Waals surface area contributed by atoms with Crippen LogP contribution in [0.25, 0.3) is 0 Å². The summed E-state index contributed by atoms with van der Waals surface area (Å²) in [5.41, 5.74) is 0.865. The number of aliphatic hydroxyl groups excluding tert-OH is 1. The third kappa shape index (κ3) is 3.73. The predicted octanol–water partition coefficient (Wildman–Crippen LogP) is 2.41. The van der Waals surface area contributed by atoms with Gasteiger partial charge in [0.2, 0.25) is 5.89 Å². The number of likely N-dealkylation sites (tertiary alicyclic amines) is 1. The second-order valence-electron chi connectivity index (χ2n) is 6.83. The molecule has 7 heteroatoms. The van der Waals surface area contributed by atoms with Crippen molar-refractivity contribution in [3.63, 3.8) is 0 Å². The van der Waals surface area contributed by atoms with Crippen LogP contribution in [-0.2, 0) is 11.3 Å². The van der Waals surface area contributed by atoms with E-state index in [4.69, 9.17) is 9.26 Å². The number of rotatable bonds is 4. The smallest absolute Gasteiger partial charge is 0.229 e. The second kappa shape index (κ2) is 7.19. The Morgan fingerprint density at radius 3 is 2.92 bits per heavy atom. The van der Waals surface area contributed by atoms with Crippen molar-refractivity contribution in [2.24, 2.45) is 0 Å². The standard InChI is InChI=1S/C18H22FN3O3/c19-14-3-1-2-13(8-14)16-9-15(23)10-22(16)11-17-20-18(25-21-17)12-4-6-24-7-5-12/h1-3,8,12,15-16,23H,4-7,9-11H2/t15-,16-/m1/s1. The first-order valence-corrected chi connectivity index (χ1v) is 8.77. The molecule has 134 valence electrons. The van der Waals surface area contributed by atoms with Gasteiger partial charge >= 0.3 is 0 Å². The number of hydrogen-bond donors (Lipinski definition) is 1. The van der Waals surface area contributed by atoms with Crippen molar-refractivity contribution in [3.8, 4) is 0 Å². The summed E-state index contributed by atoms with van der Waals surface area (Å²) in [5.74, 6) is 1.27. The molecule has 1 N–H and O–H groups in total. The molecule has 2 aromatic rings. The van der Waals surface area contributed by atoms with E-state index in [-0.39, 0.29) is 17.8 Å². The van der Waals surface area contributed by atoms with Gasteiger partial charge in [0.15, 0.2) is 5.82 Å². The van der Waals surface area contributed by atoms with Crippen LogP contribution in [0, 0.1) is 5.82 Å². The van der Waals surface area contributed by atoms with Gasteiger partial charge in [0.1, 0.15) is 5.82 Å². The molecule has 2 fully saturated rings. The van der Waals surface area contributed by atoms with Crippen LogP contribution in [-0.4, -0.2) is 46.0 Å². The molecule has 1 aromatic carbocycles. The van der Waals surface area contributed by atoms with E-state index in [1.165, 1.54) is 12.1 Å². The fraction of sp³-hybridized carbons (Fsp3) is 0.556. The third-order valence-electron chi connectivity index (χ3n) is 5.01. The summed E-state index contributed by atoms with van der Waals surface area (Å²) in [6, 6.07) is 6.50. The number of β-amino-alcohol motifs (C(OH)–C–C–N with tert-alkyl or cyclic N) is 1. The fourth-order valence-corrected chi connectivity index (χ4v) is 3.74. The molecule has 1 aromatic heterocycles. The first-order valence-electron chi connectivity index (χ1n) is 8.77. The van der Waals surface area contributed by atoms with Crippen LogP contribution in [0.2, 0.25) is 0 Å². The van der Waals surface area contributed by atoms with Crippen molar-refractivity contribution < 1.29 is 18.8 Å². The lowest BCUT2D eigenvalue weighted by molar-refractivity contribution is 0.0778. The zero-order chi connectivity index (χ0) is 17.2. The quantitative estimate of drug-likeness (QED) is 0.916. The van der Waals surface area contributed by atoms with Gasteiger partial charge in [-0.3, -0.25) is 4.90 Å². The Morgan fingerprint density at radius 2 is 2.12 bits per heavy atom. The molecule has 0 aliphatic carbocycles. The Bertz CT molecular complexity index is 717. The lowest BCUT2D eigenvalue weighted by Crippen LogP contribution is -2.25. The number of ether oxygens (including phenoxy) is 1. The molecule has 0 radical (unpaired) electrons. The Kier molecular flexibility index (Phi) is 4.78. The maximum absolute atomic E-state index is 13.6. The molecule has 6 nitrogen and oxygen atoms in total. The topological polar surface area (TPSA) is 71.6 Å². The van der Waals surface area contributed by atoms with Gasteiger partial charge in [-0.05, 0) is 37.0 Å². The third-order valence-corrected chi connectivity index (χ3v) is 5.01. The van der Waals surface area contributed by atoms with Crippen molar-refractivity contribution in [1.29, 1.82) is 0 Å². The summed E-state index contributed by atoms with van der Waals surface area (Å²) < 4.78 is 24.3. The average Bonchev–Trinajstić information content (AvgIpc) is 3.23. The van der Waals surface area contributed by atoms with Crippen LogP contribution < -0.4 is 0 Å². The normalized spacial score (nSPS) is 25.5. The van der Waals surface area contributed by atoms with Gasteiger partial charge in [0, 0.05) is 31.7 Å². The van der Waals surface area contributed by atoms with Crippen LogP contribution in [0.1, 0.15) is 48.5 Å². The summed E-state index contributed by atoms with van der Waals surface area (Å²) in [6.45, 7) is 2.44. The number of benzene rings is 1. The summed E-state index contributed by atoms with van der Waals surface area (Å²) >= 11 is 0. The van der Waals surface area contributed by atoms with Gasteiger partial charge in [-0.25, -0.2) is 4.39 Å². The zero-order valence-corrected chi connectivity index (χ0v) is 14.0. The molecule has 0 amide bonds. The Balaban J connectivity index is 1.48. The first-order chi connectivity index (χ1) is 12.2. The second-order valence-corrected chi connectivity index (χ2v) is 6.83. The molecule has 25 heavy (non-hydrogen) atoms. The molecule has 2 aliphatic heterocycles. The van der Waals surface area contributed by atoms with E-state index >= 15 is 0 Å². The van der Waals surface area contributed by atoms with Crippen molar-refractivity contribution in [3.05, 3.63) is 47.4 Å². The molecule has 0 bridgehead atoms. The molecule has 0 unspecified atom stereocenters. The van der Waals surface area contributed by atoms with Crippen molar-refractivity contribution in [2.75, 3.05) is 19.8 Å². The highest BCUT2D eigenvalue weighted by Crippen LogP contribution is 2.33. The molecule has 3 heterocycles. The summed E-state index contributed by atoms with van der Waals surface area (Å²) in [6.07, 6.45) is 1.94. The monoisotopic (exact) mass is 347 g/mol. The van der Waals surface area contributed by atoms with Crippen LogP contribution in [0.4, 0.5) is 4.39 Å². The maximum Gasteiger partial charge on any atom is 0.229 e. The van der Waals surface area contributed by atoms with E-state index in [2.05, 4.69) is 15.0 Å². The number of aliphatic hydroxyl groups is 1. The fourth-order valence-electron chi connectivity index (χ4n) is 3.74. The highest BCUT2D eigenvalue weighted by molar-refractivity contribution is 5.22. The molecule has 2 atom stereocenters. The van der Waals surface area contributed by atoms with E-state index in [0.717, 1.165) is 31.6 Å². The summed E-state index contributed by atoms with van der Waals surface area (Å²) in [7, 11) is 0. The number of nitrogens with zero attached hydrogens (tertiary/aromatic N) is 3. The maximum atomic E-state index is 13.6. The van der Waals surface area contributed by atoms with Crippen LogP contribution >= 0.6 is 0 Å². The lowest BCUT2D eigenvalue weighted by atomic mass is 10.0. The molecule has 2 saturated heterocycles. The Labute approximate surface area is 145 Å². The lowest BCUT2D eigenvalue weighted by Gasteiger charge is -2.23. The van der Waals surface area contributed by atoms with E-state index in [1.54, 1.807) is 6.07 Å². The molecule has 4 rings (SSSR count). The minimum atomic E-state index is -0.435. The van der Waals surface area contributed by atoms with Crippen LogP contribution in [0.5, 0.6) is 0 Å². The number of halogens is 1. The van der Waals surface area contributed by atoms with Gasteiger partial charge in [-0.1, -0.05) is 17.3 Å². The largest absolute Gasteiger partial charge is 0.392 e. The molecule has 2 aliphatic rings. The van der Waals surface area contributed by atoms with Crippen molar-refractivity contribution >= 4 is 0 Å². The summed E-state index contributed by atoms with van der Waals surface area (Å²) in [5, 5.41) is 14.2. The van der Waals surface area contributed by atoms with Gasteiger partial charge in [0.25, 0.3) is 0 Å². The van der Waals surface area contributed by atoms with E-state index < -0.39 is 6.10 Å². The van der Waals surface area contributed by atoms with E-state index in [9.17, 15) is 9.50 Å². The first kappa shape index (κ1) is 16.6. The van der Waals surface area contributed by atoms with Crippen LogP contribution in [0.15, 0.2) is 28.8 Å². The van der Waals surface area contributed by atoms with Crippen molar-refractivity contribution in [1.82, 2.24) is 15.0 Å². The summed E-state index contributed by atoms with van der Waals surface area (Å²) in [4.78, 5) is 6.62. The Hall–Kier alpha value is -1.83. The van der Waals surface area contributed by atoms with Gasteiger partial charge < -0.3 is 14.4 Å². The number of hydrogen-bond acceptors (Lipinski definition) is 6. The average molecular weight is 347 g/mol. The highest BCUT2D eigenvalue weighted by Gasteiger charge is 2.33. The number of aromatic nitrogens is 2. The predicted molar refractivity (Wildman–Crippen MR) is 87.3 cm³/mol. The molecular formula is C18H22FN3O3. The zero-order valence-electron chi connectivity index (χ0n) is 14.0. The minimum absolute atomic E-state index is 0.0456. The van der Waals surface area contributed by atoms with Gasteiger partial charge in [0.05, 0.1) is 12.6 Å². The minimum Gasteiger partial charge on any atom is -0.392 e. The molecular weight excluding hydrogens is 325 g/mol. The van der Waals surface area contributed by atoms with E-state index in [0.29, 0.717) is 31.2 Å². The van der Waals surface area contributed by atoms with Crippen molar-refractivity contribution in [2.45, 2.75) is 43.9 Å². The van der Waals surface area contributed by atoms with Crippen LogP contribution in [0.3, 0.4) is 0 Å². The molecule has 0 spiro atoms. The van der Waals surface area contributed by atoms with E-state index in [1.807, 2.05) is 6.07 Å². The highest BCUT2D eigenvalue weighted by atomic mass is 19.1. The van der Waals surface area contributed by atoms with Gasteiger partial charge in [-0.2, -0.15) is 4.98 Å². The molecule has 0 saturated carbocycles.